The summed E-state index contributed by atoms with van der Waals surface area (Å²) in [5.41, 5.74) is 0. The van der Waals surface area contributed by atoms with Crippen LogP contribution in [0.5, 0.6) is 0 Å². The third-order valence-corrected chi connectivity index (χ3v) is 2.57. The van der Waals surface area contributed by atoms with Crippen LogP contribution in [-0.4, -0.2) is 53.4 Å². The van der Waals surface area contributed by atoms with Gasteiger partial charge in [0.2, 0.25) is 0 Å². The standard InChI is InChI=1S/C9H15FO5/c1-9(2)14-7-5(10)6(4(12)3-11)13-8(7)15-9/h4-8,11-12H,3H2,1-2H3/t4-,5+,6-,7+,8+/m1/s1. The molecule has 15 heavy (non-hydrogen) atoms. The van der Waals surface area contributed by atoms with Gasteiger partial charge in [-0.15, -0.1) is 0 Å². The van der Waals surface area contributed by atoms with Gasteiger partial charge in [0.25, 0.3) is 0 Å². The average molecular weight is 222 g/mol. The lowest BCUT2D eigenvalue weighted by Crippen LogP contribution is -2.40. The molecule has 5 nitrogen and oxygen atoms in total. The van der Waals surface area contributed by atoms with E-state index < -0.39 is 43.2 Å². The van der Waals surface area contributed by atoms with Gasteiger partial charge < -0.3 is 24.4 Å². The zero-order valence-corrected chi connectivity index (χ0v) is 8.59. The number of hydrogen-bond acceptors (Lipinski definition) is 5. The minimum absolute atomic E-state index is 0.548. The zero-order valence-electron chi connectivity index (χ0n) is 8.59. The first-order chi connectivity index (χ1) is 6.94. The fraction of sp³-hybridized carbons (Fsp3) is 1.00. The van der Waals surface area contributed by atoms with Gasteiger partial charge in [-0.05, 0) is 13.8 Å². The Kier molecular flexibility index (Phi) is 2.72. The minimum atomic E-state index is -1.49. The van der Waals surface area contributed by atoms with Crippen molar-refractivity contribution in [3.8, 4) is 0 Å². The van der Waals surface area contributed by atoms with E-state index in [9.17, 15) is 9.50 Å². The molecular weight excluding hydrogens is 207 g/mol. The van der Waals surface area contributed by atoms with Crippen molar-refractivity contribution in [3.63, 3.8) is 0 Å². The zero-order chi connectivity index (χ0) is 11.2. The number of ether oxygens (including phenoxy) is 3. The van der Waals surface area contributed by atoms with E-state index in [4.69, 9.17) is 19.3 Å². The number of fused-ring (bicyclic) bond motifs is 1. The lowest BCUT2D eigenvalue weighted by atomic mass is 10.1. The molecule has 0 unspecified atom stereocenters. The predicted molar refractivity (Wildman–Crippen MR) is 46.7 cm³/mol. The SMILES string of the molecule is CC1(C)O[C@@H]2O[C@H]([C@H](O)CO)[C@H](F)[C@@H]2O1. The van der Waals surface area contributed by atoms with E-state index in [1.165, 1.54) is 0 Å². The maximum Gasteiger partial charge on any atom is 0.190 e. The van der Waals surface area contributed by atoms with Crippen LogP contribution in [0.3, 0.4) is 0 Å². The van der Waals surface area contributed by atoms with E-state index in [-0.39, 0.29) is 0 Å². The Morgan fingerprint density at radius 1 is 1.40 bits per heavy atom. The molecule has 0 aliphatic carbocycles. The molecule has 0 aromatic rings. The number of hydrogen-bond donors (Lipinski definition) is 2. The van der Waals surface area contributed by atoms with Gasteiger partial charge in [-0.3, -0.25) is 0 Å². The van der Waals surface area contributed by atoms with E-state index >= 15 is 0 Å². The minimum Gasteiger partial charge on any atom is -0.394 e. The van der Waals surface area contributed by atoms with Crippen molar-refractivity contribution >= 4 is 0 Å². The molecule has 0 aromatic carbocycles. The highest BCUT2D eigenvalue weighted by Crippen LogP contribution is 2.39. The molecule has 2 fully saturated rings. The Morgan fingerprint density at radius 2 is 2.07 bits per heavy atom. The highest BCUT2D eigenvalue weighted by Gasteiger charge is 2.56. The first kappa shape index (κ1) is 11.2. The van der Waals surface area contributed by atoms with Crippen LogP contribution in [0.25, 0.3) is 0 Å². The molecule has 0 amide bonds. The van der Waals surface area contributed by atoms with Crippen molar-refractivity contribution in [2.75, 3.05) is 6.61 Å². The molecule has 0 aromatic heterocycles. The van der Waals surface area contributed by atoms with Crippen molar-refractivity contribution < 1.29 is 28.8 Å². The Hall–Kier alpha value is -0.270. The predicted octanol–water partition coefficient (Wildman–Crippen LogP) is -0.446. The quantitative estimate of drug-likeness (QED) is 0.662. The van der Waals surface area contributed by atoms with Gasteiger partial charge in [-0.1, -0.05) is 0 Å². The molecule has 0 spiro atoms. The molecule has 2 saturated heterocycles. The fourth-order valence-corrected chi connectivity index (χ4v) is 1.90. The summed E-state index contributed by atoms with van der Waals surface area (Å²) >= 11 is 0. The molecule has 2 rings (SSSR count). The highest BCUT2D eigenvalue weighted by molar-refractivity contribution is 4.95. The van der Waals surface area contributed by atoms with E-state index in [1.54, 1.807) is 13.8 Å². The molecule has 2 N–H and O–H groups in total. The monoisotopic (exact) mass is 222 g/mol. The van der Waals surface area contributed by atoms with Crippen molar-refractivity contribution in [2.24, 2.45) is 0 Å². The van der Waals surface area contributed by atoms with Gasteiger partial charge in [-0.2, -0.15) is 0 Å². The second-order valence-corrected chi connectivity index (χ2v) is 4.26. The second-order valence-electron chi connectivity index (χ2n) is 4.26. The lowest BCUT2D eigenvalue weighted by molar-refractivity contribution is -0.222. The molecule has 2 aliphatic rings. The van der Waals surface area contributed by atoms with Crippen LogP contribution in [0.1, 0.15) is 13.8 Å². The number of alkyl halides is 1. The summed E-state index contributed by atoms with van der Waals surface area (Å²) in [7, 11) is 0. The van der Waals surface area contributed by atoms with E-state index in [2.05, 4.69) is 0 Å². The van der Waals surface area contributed by atoms with Gasteiger partial charge in [-0.25, -0.2) is 4.39 Å². The van der Waals surface area contributed by atoms with Crippen LogP contribution in [0.2, 0.25) is 0 Å². The molecule has 88 valence electrons. The smallest absolute Gasteiger partial charge is 0.190 e. The van der Waals surface area contributed by atoms with E-state index in [0.29, 0.717) is 0 Å². The number of halogens is 1. The van der Waals surface area contributed by atoms with Gasteiger partial charge in [0, 0.05) is 0 Å². The number of aliphatic hydroxyl groups excluding tert-OH is 2. The fourth-order valence-electron chi connectivity index (χ4n) is 1.90. The molecule has 2 aliphatic heterocycles. The summed E-state index contributed by atoms with van der Waals surface area (Å²) in [6.45, 7) is 2.78. The largest absolute Gasteiger partial charge is 0.394 e. The van der Waals surface area contributed by atoms with Crippen LogP contribution in [0.15, 0.2) is 0 Å². The average Bonchev–Trinajstić information content (AvgIpc) is 2.60. The lowest BCUT2D eigenvalue weighted by Gasteiger charge is -2.23. The van der Waals surface area contributed by atoms with Crippen molar-refractivity contribution in [1.82, 2.24) is 0 Å². The topological polar surface area (TPSA) is 68.2 Å². The molecule has 2 heterocycles. The van der Waals surface area contributed by atoms with Crippen molar-refractivity contribution in [3.05, 3.63) is 0 Å². The highest BCUT2D eigenvalue weighted by atomic mass is 19.1. The Bertz CT molecular complexity index is 247. The Morgan fingerprint density at radius 3 is 2.60 bits per heavy atom. The first-order valence-corrected chi connectivity index (χ1v) is 4.89. The first-order valence-electron chi connectivity index (χ1n) is 4.89. The summed E-state index contributed by atoms with van der Waals surface area (Å²) in [5.74, 6) is -0.866. The summed E-state index contributed by atoms with van der Waals surface area (Å²) in [6.07, 6.45) is -5.45. The van der Waals surface area contributed by atoms with Gasteiger partial charge >= 0.3 is 0 Å². The van der Waals surface area contributed by atoms with Crippen LogP contribution < -0.4 is 0 Å². The molecule has 0 radical (unpaired) electrons. The van der Waals surface area contributed by atoms with E-state index in [1.807, 2.05) is 0 Å². The third-order valence-electron chi connectivity index (χ3n) is 2.57. The van der Waals surface area contributed by atoms with Crippen molar-refractivity contribution in [1.29, 1.82) is 0 Å². The van der Waals surface area contributed by atoms with Gasteiger partial charge in [0.15, 0.2) is 18.2 Å². The van der Waals surface area contributed by atoms with Crippen molar-refractivity contribution in [2.45, 2.75) is 50.4 Å². The van der Waals surface area contributed by atoms with Crippen LogP contribution >= 0.6 is 0 Å². The number of aliphatic hydroxyl groups is 2. The Balaban J connectivity index is 2.05. The molecule has 5 atom stereocenters. The van der Waals surface area contributed by atoms with Crippen LogP contribution in [-0.2, 0) is 14.2 Å². The maximum atomic E-state index is 13.7. The number of rotatable bonds is 2. The third kappa shape index (κ3) is 1.88. The summed E-state index contributed by atoms with van der Waals surface area (Å²) < 4.78 is 29.5. The molecule has 0 bridgehead atoms. The van der Waals surface area contributed by atoms with Gasteiger partial charge in [0.05, 0.1) is 6.61 Å². The summed E-state index contributed by atoms with van der Waals surface area (Å²) in [4.78, 5) is 0. The molecule has 0 saturated carbocycles. The molecular formula is C9H15FO5. The summed E-state index contributed by atoms with van der Waals surface area (Å²) in [5, 5.41) is 18.0. The Labute approximate surface area is 86.7 Å². The van der Waals surface area contributed by atoms with Crippen LogP contribution in [0, 0.1) is 0 Å². The van der Waals surface area contributed by atoms with Gasteiger partial charge in [0.1, 0.15) is 18.3 Å². The molecule has 6 heteroatoms. The van der Waals surface area contributed by atoms with E-state index in [0.717, 1.165) is 0 Å². The second kappa shape index (κ2) is 3.64. The maximum absolute atomic E-state index is 13.7. The summed E-state index contributed by atoms with van der Waals surface area (Å²) in [6, 6.07) is 0. The van der Waals surface area contributed by atoms with Crippen LogP contribution in [0.4, 0.5) is 4.39 Å². The normalized spacial score (nSPS) is 45.4.